The van der Waals surface area contributed by atoms with E-state index in [0.29, 0.717) is 6.07 Å². The predicted octanol–water partition coefficient (Wildman–Crippen LogP) is 2.42. The molecule has 0 radical (unpaired) electrons. The molecule has 6 heteroatoms. The summed E-state index contributed by atoms with van der Waals surface area (Å²) in [5.74, 6) is -3.09. The van der Waals surface area contributed by atoms with Gasteiger partial charge < -0.3 is 10.1 Å². The summed E-state index contributed by atoms with van der Waals surface area (Å²) in [7, 11) is 0. The third kappa shape index (κ3) is 4.95. The quantitative estimate of drug-likeness (QED) is 0.868. The number of esters is 1. The Bertz CT molecular complexity index is 503. The van der Waals surface area contributed by atoms with E-state index >= 15 is 0 Å². The zero-order valence-electron chi connectivity index (χ0n) is 11.8. The summed E-state index contributed by atoms with van der Waals surface area (Å²) in [6.07, 6.45) is 0. The molecule has 1 aromatic rings. The molecule has 0 unspecified atom stereocenters. The third-order valence-electron chi connectivity index (χ3n) is 2.23. The van der Waals surface area contributed by atoms with Crippen LogP contribution in [-0.4, -0.2) is 23.5 Å². The Morgan fingerprint density at radius 1 is 1.15 bits per heavy atom. The molecule has 1 rings (SSSR count). The highest BCUT2D eigenvalue weighted by Crippen LogP contribution is 2.10. The Morgan fingerprint density at radius 2 is 1.65 bits per heavy atom. The van der Waals surface area contributed by atoms with Crippen LogP contribution in [0.15, 0.2) is 18.2 Å². The maximum Gasteiger partial charge on any atom is 0.328 e. The minimum Gasteiger partial charge on any atom is -0.458 e. The predicted molar refractivity (Wildman–Crippen MR) is 69.1 cm³/mol. The lowest BCUT2D eigenvalue weighted by Crippen LogP contribution is -2.42. The molecule has 0 aromatic heterocycles. The van der Waals surface area contributed by atoms with Crippen LogP contribution in [-0.2, 0) is 9.53 Å². The van der Waals surface area contributed by atoms with Crippen molar-refractivity contribution in [2.24, 2.45) is 0 Å². The van der Waals surface area contributed by atoms with E-state index in [1.165, 1.54) is 6.92 Å². The number of ether oxygens (including phenoxy) is 1. The molecule has 20 heavy (non-hydrogen) atoms. The number of benzene rings is 1. The van der Waals surface area contributed by atoms with Crippen molar-refractivity contribution in [2.75, 3.05) is 0 Å². The minimum atomic E-state index is -0.923. The number of halogens is 2. The molecule has 0 aliphatic heterocycles. The van der Waals surface area contributed by atoms with Gasteiger partial charge >= 0.3 is 5.97 Å². The van der Waals surface area contributed by atoms with Crippen molar-refractivity contribution in [1.82, 2.24) is 5.32 Å². The van der Waals surface area contributed by atoms with Crippen LogP contribution in [0.1, 0.15) is 38.1 Å². The van der Waals surface area contributed by atoms with Crippen LogP contribution < -0.4 is 5.32 Å². The van der Waals surface area contributed by atoms with Crippen molar-refractivity contribution in [3.8, 4) is 0 Å². The molecular formula is C14H17F2NO3. The Balaban J connectivity index is 2.72. The molecule has 0 bridgehead atoms. The fraction of sp³-hybridized carbons (Fsp3) is 0.429. The van der Waals surface area contributed by atoms with E-state index in [4.69, 9.17) is 4.74 Å². The molecule has 0 saturated carbocycles. The maximum atomic E-state index is 13.0. The summed E-state index contributed by atoms with van der Waals surface area (Å²) in [5.41, 5.74) is -0.876. The molecule has 1 amide bonds. The van der Waals surface area contributed by atoms with Gasteiger partial charge in [-0.05, 0) is 39.8 Å². The van der Waals surface area contributed by atoms with Crippen LogP contribution in [0, 0.1) is 11.6 Å². The number of rotatable bonds is 3. The van der Waals surface area contributed by atoms with Crippen LogP contribution in [0.5, 0.6) is 0 Å². The van der Waals surface area contributed by atoms with Crippen LogP contribution in [0.3, 0.4) is 0 Å². The van der Waals surface area contributed by atoms with Gasteiger partial charge in [0.2, 0.25) is 0 Å². The van der Waals surface area contributed by atoms with Crippen molar-refractivity contribution in [1.29, 1.82) is 0 Å². The normalized spacial score (nSPS) is 12.7. The summed E-state index contributed by atoms with van der Waals surface area (Å²) in [5, 5.41) is 2.33. The second-order valence-electron chi connectivity index (χ2n) is 5.39. The molecule has 1 atom stereocenters. The highest BCUT2D eigenvalue weighted by Gasteiger charge is 2.23. The standard InChI is InChI=1S/C14H17F2NO3/c1-8(13(19)20-14(2,3)4)17-12(18)9-5-10(15)7-11(16)6-9/h5-8H,1-4H3,(H,17,18)/t8-/m1/s1. The van der Waals surface area contributed by atoms with Gasteiger partial charge in [0.05, 0.1) is 0 Å². The summed E-state index contributed by atoms with van der Waals surface area (Å²) < 4.78 is 31.1. The average Bonchev–Trinajstić information content (AvgIpc) is 2.25. The van der Waals surface area contributed by atoms with Crippen LogP contribution in [0.4, 0.5) is 8.78 Å². The molecule has 1 N–H and O–H groups in total. The van der Waals surface area contributed by atoms with Crippen LogP contribution in [0.25, 0.3) is 0 Å². The molecule has 0 heterocycles. The molecule has 0 aliphatic carbocycles. The van der Waals surface area contributed by atoms with E-state index in [2.05, 4.69) is 5.32 Å². The molecule has 0 fully saturated rings. The van der Waals surface area contributed by atoms with E-state index in [0.717, 1.165) is 12.1 Å². The largest absolute Gasteiger partial charge is 0.458 e. The monoisotopic (exact) mass is 285 g/mol. The summed E-state index contributed by atoms with van der Waals surface area (Å²) in [6.45, 7) is 6.52. The summed E-state index contributed by atoms with van der Waals surface area (Å²) in [4.78, 5) is 23.5. The molecule has 110 valence electrons. The number of nitrogens with one attached hydrogen (secondary N) is 1. The van der Waals surface area contributed by atoms with Gasteiger partial charge in [-0.2, -0.15) is 0 Å². The molecule has 4 nitrogen and oxygen atoms in total. The number of amides is 1. The number of carbonyl (C=O) groups excluding carboxylic acids is 2. The Labute approximate surface area is 116 Å². The van der Waals surface area contributed by atoms with E-state index in [1.807, 2.05) is 0 Å². The highest BCUT2D eigenvalue weighted by atomic mass is 19.1. The van der Waals surface area contributed by atoms with Gasteiger partial charge in [0, 0.05) is 11.6 Å². The first-order chi connectivity index (χ1) is 9.08. The lowest BCUT2D eigenvalue weighted by Gasteiger charge is -2.22. The molecule has 0 saturated heterocycles. The number of carbonyl (C=O) groups is 2. The van der Waals surface area contributed by atoms with Crippen molar-refractivity contribution >= 4 is 11.9 Å². The van der Waals surface area contributed by atoms with Crippen molar-refractivity contribution < 1.29 is 23.1 Å². The van der Waals surface area contributed by atoms with Gasteiger partial charge in [0.25, 0.3) is 5.91 Å². The first kappa shape index (κ1) is 16.1. The first-order valence-electron chi connectivity index (χ1n) is 6.08. The first-order valence-corrected chi connectivity index (χ1v) is 6.08. The topological polar surface area (TPSA) is 55.4 Å². The van der Waals surface area contributed by atoms with Crippen LogP contribution in [0.2, 0.25) is 0 Å². The van der Waals surface area contributed by atoms with Crippen LogP contribution >= 0.6 is 0 Å². The summed E-state index contributed by atoms with van der Waals surface area (Å²) in [6, 6.07) is 1.52. The van der Waals surface area contributed by atoms with Crippen molar-refractivity contribution in [2.45, 2.75) is 39.3 Å². The van der Waals surface area contributed by atoms with Gasteiger partial charge in [0.15, 0.2) is 0 Å². The van der Waals surface area contributed by atoms with Gasteiger partial charge in [-0.15, -0.1) is 0 Å². The fourth-order valence-electron chi connectivity index (χ4n) is 1.41. The zero-order chi connectivity index (χ0) is 15.5. The molecule has 0 aliphatic rings. The molecule has 1 aromatic carbocycles. The minimum absolute atomic E-state index is 0.196. The van der Waals surface area contributed by atoms with E-state index < -0.39 is 35.2 Å². The zero-order valence-corrected chi connectivity index (χ0v) is 11.8. The fourth-order valence-corrected chi connectivity index (χ4v) is 1.41. The van der Waals surface area contributed by atoms with Gasteiger partial charge in [-0.25, -0.2) is 13.6 Å². The van der Waals surface area contributed by atoms with E-state index in [1.54, 1.807) is 20.8 Å². The lowest BCUT2D eigenvalue weighted by atomic mass is 10.1. The molecule has 0 spiro atoms. The molecular weight excluding hydrogens is 268 g/mol. The second-order valence-corrected chi connectivity index (χ2v) is 5.39. The Morgan fingerprint density at radius 3 is 2.10 bits per heavy atom. The van der Waals surface area contributed by atoms with Crippen molar-refractivity contribution in [3.63, 3.8) is 0 Å². The van der Waals surface area contributed by atoms with Crippen molar-refractivity contribution in [3.05, 3.63) is 35.4 Å². The second kappa shape index (κ2) is 5.98. The summed E-state index contributed by atoms with van der Waals surface area (Å²) >= 11 is 0. The maximum absolute atomic E-state index is 13.0. The Hall–Kier alpha value is -1.98. The highest BCUT2D eigenvalue weighted by molar-refractivity contribution is 5.96. The van der Waals surface area contributed by atoms with Gasteiger partial charge in [-0.3, -0.25) is 4.79 Å². The Kier molecular flexibility index (Phi) is 4.81. The SMILES string of the molecule is C[C@@H](NC(=O)c1cc(F)cc(F)c1)C(=O)OC(C)(C)C. The van der Waals surface area contributed by atoms with Gasteiger partial charge in [-0.1, -0.05) is 0 Å². The van der Waals surface area contributed by atoms with E-state index in [9.17, 15) is 18.4 Å². The third-order valence-corrected chi connectivity index (χ3v) is 2.23. The average molecular weight is 285 g/mol. The lowest BCUT2D eigenvalue weighted by molar-refractivity contribution is -0.156. The van der Waals surface area contributed by atoms with Gasteiger partial charge in [0.1, 0.15) is 23.3 Å². The number of hydrogen-bond donors (Lipinski definition) is 1. The van der Waals surface area contributed by atoms with E-state index in [-0.39, 0.29) is 5.56 Å². The smallest absolute Gasteiger partial charge is 0.328 e. The number of hydrogen-bond acceptors (Lipinski definition) is 3.